The maximum absolute atomic E-state index is 12.0. The number of hydrogen-bond donors (Lipinski definition) is 1. The zero-order valence-corrected chi connectivity index (χ0v) is 15.0. The summed E-state index contributed by atoms with van der Waals surface area (Å²) in [5, 5.41) is 2.37. The van der Waals surface area contributed by atoms with Crippen LogP contribution in [-0.2, 0) is 33.4 Å². The molecule has 0 atom stereocenters. The van der Waals surface area contributed by atoms with Gasteiger partial charge in [0.2, 0.25) is 11.8 Å². The molecule has 0 heterocycles. The Hall–Kier alpha value is -2.12. The minimum atomic E-state index is -1.69. The Bertz CT molecular complexity index is 441. The third kappa shape index (κ3) is 6.97. The molecule has 0 aromatic heterocycles. The van der Waals surface area contributed by atoms with Crippen LogP contribution >= 0.6 is 0 Å². The van der Waals surface area contributed by atoms with Gasteiger partial charge in [0.1, 0.15) is 6.61 Å². The van der Waals surface area contributed by atoms with Crippen molar-refractivity contribution in [2.45, 2.75) is 41.0 Å². The first-order valence-electron chi connectivity index (χ1n) is 7.99. The molecule has 0 radical (unpaired) electrons. The summed E-state index contributed by atoms with van der Waals surface area (Å²) in [4.78, 5) is 47.3. The molecule has 138 valence electrons. The first kappa shape index (κ1) is 21.9. The van der Waals surface area contributed by atoms with Crippen LogP contribution in [0.3, 0.4) is 0 Å². The molecule has 0 rings (SSSR count). The van der Waals surface area contributed by atoms with Gasteiger partial charge in [0.15, 0.2) is 0 Å². The summed E-state index contributed by atoms with van der Waals surface area (Å²) < 4.78 is 14.5. The van der Waals surface area contributed by atoms with E-state index in [0.29, 0.717) is 6.42 Å². The van der Waals surface area contributed by atoms with Gasteiger partial charge >= 0.3 is 17.9 Å². The molecule has 0 unspecified atom stereocenters. The second kappa shape index (κ2) is 10.6. The third-order valence-electron chi connectivity index (χ3n) is 3.38. The number of ether oxygens (including phenoxy) is 3. The van der Waals surface area contributed by atoms with Crippen LogP contribution in [0.1, 0.15) is 41.0 Å². The van der Waals surface area contributed by atoms with E-state index in [0.717, 1.165) is 0 Å². The molecule has 0 spiro atoms. The van der Waals surface area contributed by atoms with Crippen molar-refractivity contribution in [3.8, 4) is 0 Å². The van der Waals surface area contributed by atoms with Crippen molar-refractivity contribution in [1.82, 2.24) is 5.32 Å². The standard InChI is InChI=1S/C16H27NO7/c1-6-16(4,5)15(21)24-10-9-17-12(18)11(13(19)22-7-2)14(20)23-8-3/h11H,6-10H2,1-5H3,(H,17,18). The highest BCUT2D eigenvalue weighted by molar-refractivity contribution is 6.14. The zero-order valence-electron chi connectivity index (χ0n) is 15.0. The van der Waals surface area contributed by atoms with Gasteiger partial charge in [0.25, 0.3) is 0 Å². The number of nitrogens with one attached hydrogen (secondary N) is 1. The summed E-state index contributed by atoms with van der Waals surface area (Å²) in [7, 11) is 0. The van der Waals surface area contributed by atoms with Crippen molar-refractivity contribution in [2.24, 2.45) is 11.3 Å². The van der Waals surface area contributed by atoms with Crippen LogP contribution < -0.4 is 5.32 Å². The molecule has 8 nitrogen and oxygen atoms in total. The van der Waals surface area contributed by atoms with Crippen molar-refractivity contribution in [2.75, 3.05) is 26.4 Å². The molecule has 8 heteroatoms. The number of amides is 1. The maximum Gasteiger partial charge on any atom is 0.330 e. The van der Waals surface area contributed by atoms with Gasteiger partial charge in [-0.05, 0) is 34.1 Å². The molecule has 0 bridgehead atoms. The zero-order chi connectivity index (χ0) is 18.8. The van der Waals surface area contributed by atoms with Gasteiger partial charge in [0, 0.05) is 0 Å². The number of carbonyl (C=O) groups is 4. The first-order valence-corrected chi connectivity index (χ1v) is 7.99. The summed E-state index contributed by atoms with van der Waals surface area (Å²) in [6, 6.07) is 0. The van der Waals surface area contributed by atoms with Crippen molar-refractivity contribution in [1.29, 1.82) is 0 Å². The lowest BCUT2D eigenvalue weighted by Crippen LogP contribution is -2.43. The first-order chi connectivity index (χ1) is 11.2. The molecule has 0 aliphatic rings. The molecule has 0 aliphatic heterocycles. The Morgan fingerprint density at radius 3 is 1.83 bits per heavy atom. The third-order valence-corrected chi connectivity index (χ3v) is 3.38. The predicted molar refractivity (Wildman–Crippen MR) is 84.8 cm³/mol. The average Bonchev–Trinajstić information content (AvgIpc) is 2.51. The molecule has 0 saturated heterocycles. The van der Waals surface area contributed by atoms with Crippen LogP contribution in [-0.4, -0.2) is 50.2 Å². The fourth-order valence-electron chi connectivity index (χ4n) is 1.52. The molecular weight excluding hydrogens is 318 g/mol. The molecule has 24 heavy (non-hydrogen) atoms. The lowest BCUT2D eigenvalue weighted by atomic mass is 9.91. The van der Waals surface area contributed by atoms with Gasteiger partial charge in [-0.15, -0.1) is 0 Å². The van der Waals surface area contributed by atoms with E-state index in [4.69, 9.17) is 14.2 Å². The normalized spacial score (nSPS) is 10.9. The molecule has 0 fully saturated rings. The van der Waals surface area contributed by atoms with Crippen molar-refractivity contribution in [3.05, 3.63) is 0 Å². The Kier molecular flexibility index (Phi) is 9.68. The summed E-state index contributed by atoms with van der Waals surface area (Å²) in [5.74, 6) is -4.87. The maximum atomic E-state index is 12.0. The minimum Gasteiger partial charge on any atom is -0.465 e. The predicted octanol–water partition coefficient (Wildman–Crippen LogP) is 0.824. The fourth-order valence-corrected chi connectivity index (χ4v) is 1.52. The monoisotopic (exact) mass is 345 g/mol. The lowest BCUT2D eigenvalue weighted by molar-refractivity contribution is -0.165. The summed E-state index contributed by atoms with van der Waals surface area (Å²) in [6.45, 7) is 8.48. The number of hydrogen-bond acceptors (Lipinski definition) is 7. The van der Waals surface area contributed by atoms with Crippen LogP contribution in [0, 0.1) is 11.3 Å². The molecule has 0 aromatic carbocycles. The summed E-state index contributed by atoms with van der Waals surface area (Å²) in [5.41, 5.74) is -0.609. The van der Waals surface area contributed by atoms with Gasteiger partial charge in [-0.1, -0.05) is 6.92 Å². The van der Waals surface area contributed by atoms with Crippen LogP contribution in [0.4, 0.5) is 0 Å². The lowest BCUT2D eigenvalue weighted by Gasteiger charge is -2.20. The highest BCUT2D eigenvalue weighted by Gasteiger charge is 2.36. The Morgan fingerprint density at radius 1 is 0.917 bits per heavy atom. The van der Waals surface area contributed by atoms with Gasteiger partial charge in [0.05, 0.1) is 25.2 Å². The molecule has 0 aromatic rings. The van der Waals surface area contributed by atoms with Crippen LogP contribution in [0.25, 0.3) is 0 Å². The van der Waals surface area contributed by atoms with E-state index >= 15 is 0 Å². The van der Waals surface area contributed by atoms with Crippen molar-refractivity contribution in [3.63, 3.8) is 0 Å². The number of rotatable bonds is 10. The van der Waals surface area contributed by atoms with E-state index in [-0.39, 0.29) is 32.3 Å². The summed E-state index contributed by atoms with van der Waals surface area (Å²) in [6.07, 6.45) is 0.617. The van der Waals surface area contributed by atoms with E-state index in [2.05, 4.69) is 5.32 Å². The van der Waals surface area contributed by atoms with Crippen LogP contribution in [0.2, 0.25) is 0 Å². The quantitative estimate of drug-likeness (QED) is 0.270. The van der Waals surface area contributed by atoms with Crippen LogP contribution in [0.5, 0.6) is 0 Å². The Morgan fingerprint density at radius 2 is 1.42 bits per heavy atom. The Balaban J connectivity index is 4.55. The van der Waals surface area contributed by atoms with E-state index in [1.165, 1.54) is 0 Å². The molecule has 1 N–H and O–H groups in total. The number of esters is 3. The van der Waals surface area contributed by atoms with Gasteiger partial charge in [-0.3, -0.25) is 19.2 Å². The topological polar surface area (TPSA) is 108 Å². The van der Waals surface area contributed by atoms with E-state index < -0.39 is 29.2 Å². The average molecular weight is 345 g/mol. The second-order valence-electron chi connectivity index (χ2n) is 5.60. The highest BCUT2D eigenvalue weighted by atomic mass is 16.6. The molecule has 0 saturated carbocycles. The van der Waals surface area contributed by atoms with E-state index in [9.17, 15) is 19.2 Å². The molecule has 1 amide bonds. The van der Waals surface area contributed by atoms with Crippen molar-refractivity contribution < 1.29 is 33.4 Å². The van der Waals surface area contributed by atoms with E-state index in [1.807, 2.05) is 6.92 Å². The SMILES string of the molecule is CCOC(=O)C(C(=O)NCCOC(=O)C(C)(C)CC)C(=O)OCC. The molecule has 0 aliphatic carbocycles. The Labute approximate surface area is 142 Å². The van der Waals surface area contributed by atoms with Gasteiger partial charge < -0.3 is 19.5 Å². The van der Waals surface area contributed by atoms with Crippen molar-refractivity contribution >= 4 is 23.8 Å². The largest absolute Gasteiger partial charge is 0.465 e. The number of carbonyl (C=O) groups excluding carboxylic acids is 4. The van der Waals surface area contributed by atoms with Gasteiger partial charge in [-0.25, -0.2) is 0 Å². The minimum absolute atomic E-state index is 0.0281. The summed E-state index contributed by atoms with van der Waals surface area (Å²) >= 11 is 0. The fraction of sp³-hybridized carbons (Fsp3) is 0.750. The van der Waals surface area contributed by atoms with E-state index in [1.54, 1.807) is 27.7 Å². The van der Waals surface area contributed by atoms with Gasteiger partial charge in [-0.2, -0.15) is 0 Å². The smallest absolute Gasteiger partial charge is 0.330 e. The molecular formula is C16H27NO7. The van der Waals surface area contributed by atoms with Crippen LogP contribution in [0.15, 0.2) is 0 Å². The highest BCUT2D eigenvalue weighted by Crippen LogP contribution is 2.21. The second-order valence-corrected chi connectivity index (χ2v) is 5.60.